The van der Waals surface area contributed by atoms with Crippen molar-refractivity contribution in [3.8, 4) is 0 Å². The van der Waals surface area contributed by atoms with Crippen LogP contribution in [0.1, 0.15) is 55.5 Å². The first-order chi connectivity index (χ1) is 18.6. The van der Waals surface area contributed by atoms with Gasteiger partial charge in [-0.25, -0.2) is 0 Å². The van der Waals surface area contributed by atoms with Gasteiger partial charge in [-0.1, -0.05) is 89.4 Å². The van der Waals surface area contributed by atoms with Crippen LogP contribution >= 0.6 is 27.5 Å². The highest BCUT2D eigenvalue weighted by Gasteiger charge is 2.48. The van der Waals surface area contributed by atoms with Crippen LogP contribution in [-0.4, -0.2) is 11.7 Å². The molecular weight excluding hydrogens is 574 g/mol. The maximum Gasteiger partial charge on any atom is 0.253 e. The van der Waals surface area contributed by atoms with Gasteiger partial charge in [-0.05, 0) is 54.7 Å². The van der Waals surface area contributed by atoms with E-state index in [1.807, 2.05) is 79.7 Å². The van der Waals surface area contributed by atoms with Crippen molar-refractivity contribution in [1.82, 2.24) is 10.6 Å². The average Bonchev–Trinajstić information content (AvgIpc) is 2.88. The first-order valence-electron chi connectivity index (χ1n) is 13.1. The van der Waals surface area contributed by atoms with Crippen LogP contribution in [0.25, 0.3) is 0 Å². The van der Waals surface area contributed by atoms with Crippen molar-refractivity contribution < 1.29 is 9.59 Å². The van der Waals surface area contributed by atoms with Crippen LogP contribution < -0.4 is 15.5 Å². The molecule has 2 aliphatic heterocycles. The van der Waals surface area contributed by atoms with E-state index >= 15 is 0 Å². The molecule has 2 unspecified atom stereocenters. The van der Waals surface area contributed by atoms with Crippen molar-refractivity contribution in [2.24, 2.45) is 5.41 Å². The Morgan fingerprint density at radius 2 is 1.59 bits per heavy atom. The fourth-order valence-electron chi connectivity index (χ4n) is 5.96. The molecule has 6 rings (SSSR count). The minimum Gasteiger partial charge on any atom is -0.347 e. The third kappa shape index (κ3) is 4.60. The van der Waals surface area contributed by atoms with Crippen molar-refractivity contribution in [1.29, 1.82) is 0 Å². The molecule has 0 bridgehead atoms. The summed E-state index contributed by atoms with van der Waals surface area (Å²) in [4.78, 5) is 30.1. The van der Waals surface area contributed by atoms with E-state index in [0.29, 0.717) is 34.8 Å². The van der Waals surface area contributed by atoms with E-state index in [2.05, 4.69) is 45.3 Å². The summed E-state index contributed by atoms with van der Waals surface area (Å²) < 4.78 is 0.951. The fraction of sp³-hybridized carbons (Fsp3) is 0.250. The Balaban J connectivity index is 1.61. The van der Waals surface area contributed by atoms with Crippen molar-refractivity contribution in [2.45, 2.75) is 45.7 Å². The smallest absolute Gasteiger partial charge is 0.253 e. The van der Waals surface area contributed by atoms with Gasteiger partial charge < -0.3 is 10.6 Å². The summed E-state index contributed by atoms with van der Waals surface area (Å²) in [6.07, 6.45) is 0.599. The molecular formula is C32H29BrClN3O2. The van der Waals surface area contributed by atoms with Gasteiger partial charge in [0.1, 0.15) is 12.0 Å². The van der Waals surface area contributed by atoms with Gasteiger partial charge in [0.05, 0.1) is 5.57 Å². The number of nitrogens with zero attached hydrogens (tertiary/aromatic N) is 1. The van der Waals surface area contributed by atoms with E-state index < -0.39 is 12.1 Å². The lowest BCUT2D eigenvalue weighted by atomic mass is 9.68. The second-order valence-electron chi connectivity index (χ2n) is 11.3. The molecule has 2 atom stereocenters. The van der Waals surface area contributed by atoms with E-state index in [9.17, 15) is 9.59 Å². The molecule has 0 spiro atoms. The van der Waals surface area contributed by atoms with Gasteiger partial charge >= 0.3 is 0 Å². The number of Topliss-reactive ketones (excluding diaryl/α,β-unsaturated/α-hetero) is 1. The highest BCUT2D eigenvalue weighted by molar-refractivity contribution is 9.10. The van der Waals surface area contributed by atoms with E-state index in [1.54, 1.807) is 0 Å². The number of carbonyl (C=O) groups excluding carboxylic acids is 2. The van der Waals surface area contributed by atoms with E-state index in [1.165, 1.54) is 0 Å². The largest absolute Gasteiger partial charge is 0.347 e. The van der Waals surface area contributed by atoms with Gasteiger partial charge in [0.15, 0.2) is 5.78 Å². The Labute approximate surface area is 242 Å². The fourth-order valence-corrected chi connectivity index (χ4v) is 6.47. The minimum atomic E-state index is -0.531. The predicted octanol–water partition coefficient (Wildman–Crippen LogP) is 7.29. The van der Waals surface area contributed by atoms with Crippen LogP contribution in [0.15, 0.2) is 99.9 Å². The van der Waals surface area contributed by atoms with Gasteiger partial charge in [-0.15, -0.1) is 0 Å². The predicted molar refractivity (Wildman–Crippen MR) is 158 cm³/mol. The van der Waals surface area contributed by atoms with Crippen molar-refractivity contribution in [2.75, 3.05) is 4.90 Å². The van der Waals surface area contributed by atoms with E-state index in [4.69, 9.17) is 11.6 Å². The minimum absolute atomic E-state index is 0.0847. The molecule has 3 aliphatic rings. The average molecular weight is 603 g/mol. The van der Waals surface area contributed by atoms with Crippen LogP contribution in [0.2, 0.25) is 5.02 Å². The Bertz CT molecular complexity index is 1560. The number of hydrogen-bond donors (Lipinski definition) is 2. The molecule has 0 radical (unpaired) electrons. The van der Waals surface area contributed by atoms with Crippen LogP contribution in [0.4, 0.5) is 5.69 Å². The number of nitrogens with one attached hydrogen (secondary N) is 2. The third-order valence-corrected chi connectivity index (χ3v) is 8.61. The molecule has 1 aliphatic carbocycles. The molecule has 1 amide bonds. The lowest BCUT2D eigenvalue weighted by Gasteiger charge is -2.48. The molecule has 2 heterocycles. The lowest BCUT2D eigenvalue weighted by Crippen LogP contribution is -2.53. The number of aryl methyl sites for hydroxylation is 1. The number of allylic oxidation sites excluding steroid dienone is 2. The first-order valence-corrected chi connectivity index (χ1v) is 14.2. The standard InChI is InChI=1S/C32H29BrClN3O2/c1-18-8-10-19(11-9-18)26-27-24(16-32(2,3)17-25(27)38)37(21-14-12-20(33)13-15-21)30-28(26)31(39)36-29(35-30)22-6-4-5-7-23(22)34/h4-15,26,29,35H,16-17H2,1-3H3,(H,36,39). The van der Waals surface area contributed by atoms with E-state index in [-0.39, 0.29) is 17.1 Å². The molecule has 3 aromatic rings. The third-order valence-electron chi connectivity index (χ3n) is 7.74. The Morgan fingerprint density at radius 1 is 0.897 bits per heavy atom. The molecule has 0 saturated heterocycles. The summed E-state index contributed by atoms with van der Waals surface area (Å²) in [6, 6.07) is 23.6. The van der Waals surface area contributed by atoms with Crippen molar-refractivity contribution in [3.63, 3.8) is 0 Å². The number of benzene rings is 3. The zero-order valence-electron chi connectivity index (χ0n) is 22.0. The molecule has 0 fully saturated rings. The maximum absolute atomic E-state index is 14.1. The van der Waals surface area contributed by atoms with Gasteiger partial charge in [0.2, 0.25) is 0 Å². The lowest BCUT2D eigenvalue weighted by molar-refractivity contribution is -0.119. The second-order valence-corrected chi connectivity index (χ2v) is 12.6. The summed E-state index contributed by atoms with van der Waals surface area (Å²) in [7, 11) is 0. The topological polar surface area (TPSA) is 61.4 Å². The summed E-state index contributed by atoms with van der Waals surface area (Å²) >= 11 is 10.1. The Hall–Kier alpha value is -3.35. The monoisotopic (exact) mass is 601 g/mol. The molecule has 198 valence electrons. The van der Waals surface area contributed by atoms with Crippen LogP contribution in [0.3, 0.4) is 0 Å². The normalized spacial score (nSPS) is 22.2. The Morgan fingerprint density at radius 3 is 2.28 bits per heavy atom. The number of ketones is 1. The van der Waals surface area contributed by atoms with E-state index in [0.717, 1.165) is 32.5 Å². The summed E-state index contributed by atoms with van der Waals surface area (Å²) in [5, 5.41) is 7.32. The van der Waals surface area contributed by atoms with Gasteiger partial charge in [-0.3, -0.25) is 14.5 Å². The number of halogens is 2. The zero-order valence-corrected chi connectivity index (χ0v) is 24.4. The number of carbonyl (C=O) groups is 2. The molecule has 0 aromatic heterocycles. The zero-order chi connectivity index (χ0) is 27.5. The second kappa shape index (κ2) is 9.68. The summed E-state index contributed by atoms with van der Waals surface area (Å²) in [5.41, 5.74) is 5.66. The molecule has 7 heteroatoms. The highest BCUT2D eigenvalue weighted by atomic mass is 79.9. The summed E-state index contributed by atoms with van der Waals surface area (Å²) in [6.45, 7) is 6.30. The van der Waals surface area contributed by atoms with Gasteiger partial charge in [0, 0.05) is 44.4 Å². The van der Waals surface area contributed by atoms with Crippen LogP contribution in [0, 0.1) is 12.3 Å². The number of anilines is 1. The number of rotatable bonds is 3. The van der Waals surface area contributed by atoms with Crippen molar-refractivity contribution >= 4 is 44.9 Å². The number of hydrogen-bond acceptors (Lipinski definition) is 4. The SMILES string of the molecule is Cc1ccc(C2C3=C(CC(C)(C)CC3=O)N(c3ccc(Br)cc3)C3=C2C(=O)NC(c2ccccc2Cl)N3)cc1. The molecule has 0 saturated carbocycles. The highest BCUT2D eigenvalue weighted by Crippen LogP contribution is 2.52. The van der Waals surface area contributed by atoms with Gasteiger partial charge in [-0.2, -0.15) is 0 Å². The number of amides is 1. The van der Waals surface area contributed by atoms with Crippen molar-refractivity contribution in [3.05, 3.63) is 122 Å². The molecule has 3 aromatic carbocycles. The summed E-state index contributed by atoms with van der Waals surface area (Å²) in [5.74, 6) is 0.0680. The molecule has 5 nitrogen and oxygen atoms in total. The molecule has 2 N–H and O–H groups in total. The van der Waals surface area contributed by atoms with Crippen LogP contribution in [0.5, 0.6) is 0 Å². The Kier molecular flexibility index (Phi) is 6.43. The quantitative estimate of drug-likeness (QED) is 0.331. The molecule has 39 heavy (non-hydrogen) atoms. The maximum atomic E-state index is 14.1. The first kappa shape index (κ1) is 25.9. The van der Waals surface area contributed by atoms with Crippen LogP contribution in [-0.2, 0) is 9.59 Å². The van der Waals surface area contributed by atoms with Gasteiger partial charge in [0.25, 0.3) is 5.91 Å².